The highest BCUT2D eigenvalue weighted by Gasteiger charge is 2.28. The first-order valence-corrected chi connectivity index (χ1v) is 10.3. The molecule has 0 aliphatic carbocycles. The van der Waals surface area contributed by atoms with Gasteiger partial charge in [0.2, 0.25) is 0 Å². The van der Waals surface area contributed by atoms with E-state index in [9.17, 15) is 4.79 Å². The summed E-state index contributed by atoms with van der Waals surface area (Å²) in [4.78, 5) is 22.9. The third-order valence-corrected chi connectivity index (χ3v) is 6.27. The van der Waals surface area contributed by atoms with Gasteiger partial charge < -0.3 is 4.90 Å². The summed E-state index contributed by atoms with van der Waals surface area (Å²) in [7, 11) is 4.03. The van der Waals surface area contributed by atoms with Crippen molar-refractivity contribution < 1.29 is 4.79 Å². The van der Waals surface area contributed by atoms with Gasteiger partial charge in [-0.25, -0.2) is 4.98 Å². The number of carbonyl (C=O) groups excluding carboxylic acids is 1. The minimum Gasteiger partial charge on any atom is -0.336 e. The van der Waals surface area contributed by atoms with Gasteiger partial charge >= 0.3 is 0 Å². The zero-order valence-corrected chi connectivity index (χ0v) is 17.9. The molecule has 1 fully saturated rings. The van der Waals surface area contributed by atoms with E-state index < -0.39 is 0 Å². The number of rotatable bonds is 3. The van der Waals surface area contributed by atoms with Crippen LogP contribution in [0.1, 0.15) is 34.8 Å². The Labute approximate surface area is 172 Å². The first-order chi connectivity index (χ1) is 13.9. The monoisotopic (exact) mass is 391 g/mol. The van der Waals surface area contributed by atoms with Crippen LogP contribution in [0.5, 0.6) is 0 Å². The van der Waals surface area contributed by atoms with E-state index in [0.29, 0.717) is 6.04 Å². The summed E-state index contributed by atoms with van der Waals surface area (Å²) < 4.78 is 1.76. The van der Waals surface area contributed by atoms with Crippen LogP contribution < -0.4 is 0 Å². The number of hydrogen-bond donors (Lipinski definition) is 0. The highest BCUT2D eigenvalue weighted by atomic mass is 16.2. The molecular formula is C23H29N5O. The first-order valence-electron chi connectivity index (χ1n) is 10.3. The van der Waals surface area contributed by atoms with Crippen LogP contribution in [0.4, 0.5) is 0 Å². The second-order valence-electron chi connectivity index (χ2n) is 8.16. The van der Waals surface area contributed by atoms with E-state index in [2.05, 4.69) is 43.9 Å². The number of benzene rings is 1. The Kier molecular flexibility index (Phi) is 5.13. The summed E-state index contributed by atoms with van der Waals surface area (Å²) in [5, 5.41) is 5.21. The molecule has 0 bridgehead atoms. The normalized spacial score (nSPS) is 17.8. The van der Waals surface area contributed by atoms with Crippen molar-refractivity contribution in [1.29, 1.82) is 0 Å². The van der Waals surface area contributed by atoms with Crippen LogP contribution in [0.2, 0.25) is 0 Å². The Bertz CT molecular complexity index is 1070. The zero-order chi connectivity index (χ0) is 20.7. The van der Waals surface area contributed by atoms with Crippen LogP contribution in [0, 0.1) is 13.8 Å². The molecule has 2 aromatic heterocycles. The number of hydrogen-bond acceptors (Lipinski definition) is 4. The van der Waals surface area contributed by atoms with Gasteiger partial charge in [0.25, 0.3) is 5.91 Å². The maximum Gasteiger partial charge on any atom is 0.254 e. The minimum absolute atomic E-state index is 0.0948. The van der Waals surface area contributed by atoms with Crippen molar-refractivity contribution >= 4 is 16.8 Å². The molecule has 1 saturated heterocycles. The minimum atomic E-state index is 0.0948. The molecule has 3 heterocycles. The maximum absolute atomic E-state index is 13.6. The number of likely N-dealkylation sites (N-methyl/N-ethyl adjacent to an activating group) is 1. The standard InChI is InChI=1S/C23H29N5O/c1-6-18-14-28(10-9-26(18)4)23(29)20-11-21(17-12-24-27(5)13-17)25-22-16(3)15(2)7-8-19(20)22/h7-8,11-13,18H,6,9-10,14H2,1-5H3. The fourth-order valence-electron chi connectivity index (χ4n) is 4.15. The highest BCUT2D eigenvalue weighted by molar-refractivity contribution is 6.08. The number of aryl methyl sites for hydroxylation is 3. The maximum atomic E-state index is 13.6. The summed E-state index contributed by atoms with van der Waals surface area (Å²) in [6, 6.07) is 6.47. The summed E-state index contributed by atoms with van der Waals surface area (Å²) in [6.07, 6.45) is 4.78. The molecular weight excluding hydrogens is 362 g/mol. The lowest BCUT2D eigenvalue weighted by Gasteiger charge is -2.39. The predicted molar refractivity (Wildman–Crippen MR) is 116 cm³/mol. The van der Waals surface area contributed by atoms with E-state index in [0.717, 1.165) is 59.3 Å². The van der Waals surface area contributed by atoms with E-state index in [1.54, 1.807) is 10.9 Å². The average molecular weight is 392 g/mol. The second-order valence-corrected chi connectivity index (χ2v) is 8.16. The summed E-state index contributed by atoms with van der Waals surface area (Å²) in [6.45, 7) is 8.77. The molecule has 0 saturated carbocycles. The Morgan fingerprint density at radius 1 is 1.21 bits per heavy atom. The van der Waals surface area contributed by atoms with Gasteiger partial charge in [-0.1, -0.05) is 19.1 Å². The van der Waals surface area contributed by atoms with Gasteiger partial charge in [-0.05, 0) is 44.5 Å². The smallest absolute Gasteiger partial charge is 0.254 e. The Balaban J connectivity index is 1.84. The molecule has 29 heavy (non-hydrogen) atoms. The van der Waals surface area contributed by atoms with Crippen LogP contribution >= 0.6 is 0 Å². The lowest BCUT2D eigenvalue weighted by molar-refractivity contribution is 0.0543. The number of nitrogens with zero attached hydrogens (tertiary/aromatic N) is 5. The number of carbonyl (C=O) groups is 1. The van der Waals surface area contributed by atoms with Crippen molar-refractivity contribution in [2.75, 3.05) is 26.7 Å². The molecule has 6 heteroatoms. The van der Waals surface area contributed by atoms with Gasteiger partial charge in [-0.15, -0.1) is 0 Å². The second kappa shape index (κ2) is 7.59. The Hall–Kier alpha value is -2.73. The van der Waals surface area contributed by atoms with Crippen molar-refractivity contribution in [2.45, 2.75) is 33.2 Å². The molecule has 0 radical (unpaired) electrons. The third-order valence-electron chi connectivity index (χ3n) is 6.27. The van der Waals surface area contributed by atoms with Crippen molar-refractivity contribution in [1.82, 2.24) is 24.6 Å². The predicted octanol–water partition coefficient (Wildman–Crippen LogP) is 3.42. The van der Waals surface area contributed by atoms with E-state index in [4.69, 9.17) is 4.98 Å². The molecule has 1 amide bonds. The van der Waals surface area contributed by atoms with Gasteiger partial charge in [0.1, 0.15) is 0 Å². The van der Waals surface area contributed by atoms with Crippen LogP contribution in [0.15, 0.2) is 30.6 Å². The van der Waals surface area contributed by atoms with Crippen molar-refractivity contribution in [3.63, 3.8) is 0 Å². The first kappa shape index (κ1) is 19.6. The fraction of sp³-hybridized carbons (Fsp3) is 0.435. The molecule has 3 aromatic rings. The molecule has 0 N–H and O–H groups in total. The number of pyridine rings is 1. The quantitative estimate of drug-likeness (QED) is 0.687. The largest absolute Gasteiger partial charge is 0.336 e. The number of fused-ring (bicyclic) bond motifs is 1. The average Bonchev–Trinajstić information content (AvgIpc) is 3.16. The van der Waals surface area contributed by atoms with Gasteiger partial charge in [-0.2, -0.15) is 5.10 Å². The Morgan fingerprint density at radius 3 is 2.69 bits per heavy atom. The summed E-state index contributed by atoms with van der Waals surface area (Å²) in [5.74, 6) is 0.0948. The molecule has 4 rings (SSSR count). The Morgan fingerprint density at radius 2 is 2.00 bits per heavy atom. The molecule has 0 spiro atoms. The van der Waals surface area contributed by atoms with Crippen LogP contribution in [0.3, 0.4) is 0 Å². The third kappa shape index (κ3) is 3.53. The lowest BCUT2D eigenvalue weighted by Crippen LogP contribution is -2.53. The van der Waals surface area contributed by atoms with E-state index >= 15 is 0 Å². The van der Waals surface area contributed by atoms with E-state index in [1.807, 2.05) is 30.3 Å². The summed E-state index contributed by atoms with van der Waals surface area (Å²) in [5.41, 5.74) is 5.65. The number of amides is 1. The van der Waals surface area contributed by atoms with Crippen molar-refractivity contribution in [3.05, 3.63) is 47.3 Å². The lowest BCUT2D eigenvalue weighted by atomic mass is 9.98. The van der Waals surface area contributed by atoms with Gasteiger partial charge in [-0.3, -0.25) is 14.4 Å². The van der Waals surface area contributed by atoms with Gasteiger partial charge in [0.15, 0.2) is 0 Å². The highest BCUT2D eigenvalue weighted by Crippen LogP contribution is 2.29. The number of aromatic nitrogens is 3. The van der Waals surface area contributed by atoms with E-state index in [-0.39, 0.29) is 5.91 Å². The topological polar surface area (TPSA) is 54.3 Å². The van der Waals surface area contributed by atoms with Crippen LogP contribution in [-0.4, -0.2) is 63.2 Å². The molecule has 1 aromatic carbocycles. The van der Waals surface area contributed by atoms with Gasteiger partial charge in [0.05, 0.1) is 23.0 Å². The molecule has 152 valence electrons. The molecule has 6 nitrogen and oxygen atoms in total. The molecule has 1 aliphatic rings. The van der Waals surface area contributed by atoms with Crippen LogP contribution in [0.25, 0.3) is 22.2 Å². The molecule has 1 aliphatic heterocycles. The van der Waals surface area contributed by atoms with Crippen molar-refractivity contribution in [2.24, 2.45) is 7.05 Å². The van der Waals surface area contributed by atoms with Gasteiger partial charge in [0, 0.05) is 49.9 Å². The zero-order valence-electron chi connectivity index (χ0n) is 17.9. The molecule has 1 atom stereocenters. The summed E-state index contributed by atoms with van der Waals surface area (Å²) >= 11 is 0. The molecule has 1 unspecified atom stereocenters. The van der Waals surface area contributed by atoms with Crippen molar-refractivity contribution in [3.8, 4) is 11.3 Å². The fourth-order valence-corrected chi connectivity index (χ4v) is 4.15. The van der Waals surface area contributed by atoms with Crippen LogP contribution in [-0.2, 0) is 7.05 Å². The van der Waals surface area contributed by atoms with E-state index in [1.165, 1.54) is 5.56 Å². The SMILES string of the molecule is CCC1CN(C(=O)c2cc(-c3cnn(C)c3)nc3c(C)c(C)ccc23)CCN1C. The number of piperazine rings is 1.